The number of unbranched alkanes of at least 4 members (excludes halogenated alkanes) is 6. The van der Waals surface area contributed by atoms with Crippen LogP contribution < -0.4 is 26.6 Å². The fourth-order valence-corrected chi connectivity index (χ4v) is 4.76. The molecule has 12 heteroatoms. The van der Waals surface area contributed by atoms with E-state index in [2.05, 4.69) is 33.5 Å². The molecule has 5 amide bonds. The van der Waals surface area contributed by atoms with Crippen molar-refractivity contribution in [2.75, 3.05) is 6.54 Å². The molecule has 1 rings (SSSR count). The van der Waals surface area contributed by atoms with Crippen molar-refractivity contribution in [2.45, 2.75) is 143 Å². The number of cyclic esters (lactones) is 1. The Morgan fingerprint density at radius 2 is 1.33 bits per heavy atom. The lowest BCUT2D eigenvalue weighted by Gasteiger charge is -2.27. The van der Waals surface area contributed by atoms with Crippen molar-refractivity contribution >= 4 is 35.5 Å². The lowest BCUT2D eigenvalue weighted by molar-refractivity contribution is -0.154. The summed E-state index contributed by atoms with van der Waals surface area (Å²) in [6, 6.07) is -3.96. The van der Waals surface area contributed by atoms with Crippen LogP contribution in [0.4, 0.5) is 0 Å². The fraction of sp³-hybridized carbons (Fsp3) is 0.806. The van der Waals surface area contributed by atoms with Crippen LogP contribution in [-0.4, -0.2) is 72.3 Å². The minimum atomic E-state index is -1.03. The molecule has 5 atom stereocenters. The van der Waals surface area contributed by atoms with Gasteiger partial charge in [0.1, 0.15) is 30.3 Å². The van der Waals surface area contributed by atoms with Gasteiger partial charge < -0.3 is 31.3 Å². The van der Waals surface area contributed by atoms with Gasteiger partial charge in [0.05, 0.1) is 13.0 Å². The summed E-state index contributed by atoms with van der Waals surface area (Å²) in [6.07, 6.45) is 7.26. The van der Waals surface area contributed by atoms with Gasteiger partial charge in [0.15, 0.2) is 0 Å². The Morgan fingerprint density at radius 1 is 0.721 bits per heavy atom. The second kappa shape index (κ2) is 19.9. The zero-order valence-corrected chi connectivity index (χ0v) is 27.2. The van der Waals surface area contributed by atoms with Gasteiger partial charge in [-0.1, -0.05) is 73.1 Å². The lowest BCUT2D eigenvalue weighted by atomic mass is 9.99. The highest BCUT2D eigenvalue weighted by Gasteiger charge is 2.32. The van der Waals surface area contributed by atoms with Gasteiger partial charge in [0.25, 0.3) is 0 Å². The first-order chi connectivity index (χ1) is 20.2. The second-order valence-corrected chi connectivity index (χ2v) is 12.4. The van der Waals surface area contributed by atoms with E-state index in [1.807, 2.05) is 13.8 Å². The van der Waals surface area contributed by atoms with Crippen LogP contribution in [0.2, 0.25) is 0 Å². The van der Waals surface area contributed by atoms with Crippen molar-refractivity contribution in [2.24, 2.45) is 11.8 Å². The number of hydrogen-bond acceptors (Lipinski definition) is 7. The molecule has 12 nitrogen and oxygen atoms in total. The molecule has 1 fully saturated rings. The molecule has 1 heterocycles. The smallest absolute Gasteiger partial charge is 0.328 e. The standard InChI is InChI=1S/C31H55N5O7/c1-8-9-10-11-12-13-14-15-23-17-25(37)32-18-26(38)36-27(20(4)5)30(41)35-24(16-19(2)3)29(40)33-21(6)28(39)34-22(7)31(42)43-23/h19-24,27H,8-18H2,1-7H3,(H,32,37)(H,33,40)(H,34,39)(H,35,41)(H,36,38)/t21-,22-,23+,24+,27-/m0/s1. The second-order valence-electron chi connectivity index (χ2n) is 12.4. The van der Waals surface area contributed by atoms with E-state index in [4.69, 9.17) is 4.74 Å². The third kappa shape index (κ3) is 15.2. The third-order valence-corrected chi connectivity index (χ3v) is 7.34. The van der Waals surface area contributed by atoms with Crippen LogP contribution in [0.25, 0.3) is 0 Å². The molecule has 0 spiro atoms. The SMILES string of the molecule is CCCCCCCCC[C@@H]1CC(=O)NCC(=O)N[C@@H](C(C)C)C(=O)N[C@H](CC(C)C)C(=O)N[C@@H](C)C(=O)N[C@@H](C)C(=O)O1. The third-order valence-electron chi connectivity index (χ3n) is 7.34. The molecule has 0 radical (unpaired) electrons. The van der Waals surface area contributed by atoms with Crippen LogP contribution in [0.15, 0.2) is 0 Å². The van der Waals surface area contributed by atoms with E-state index in [0.29, 0.717) is 12.8 Å². The van der Waals surface area contributed by atoms with E-state index in [0.717, 1.165) is 32.1 Å². The lowest BCUT2D eigenvalue weighted by Crippen LogP contribution is -2.58. The molecule has 0 aromatic rings. The average molecular weight is 610 g/mol. The molecule has 0 saturated carbocycles. The Balaban J connectivity index is 3.13. The number of nitrogens with one attached hydrogen (secondary N) is 5. The van der Waals surface area contributed by atoms with Crippen molar-refractivity contribution in [1.29, 1.82) is 0 Å². The number of amides is 5. The summed E-state index contributed by atoms with van der Waals surface area (Å²) in [5, 5.41) is 13.1. The Hall–Kier alpha value is -3.18. The molecule has 1 saturated heterocycles. The fourth-order valence-electron chi connectivity index (χ4n) is 4.76. The van der Waals surface area contributed by atoms with Crippen LogP contribution in [-0.2, 0) is 33.5 Å². The van der Waals surface area contributed by atoms with Crippen molar-refractivity contribution in [3.8, 4) is 0 Å². The number of carbonyl (C=O) groups is 6. The van der Waals surface area contributed by atoms with E-state index in [1.54, 1.807) is 13.8 Å². The summed E-state index contributed by atoms with van der Waals surface area (Å²) in [6.45, 7) is 12.0. The Bertz CT molecular complexity index is 939. The van der Waals surface area contributed by atoms with Crippen LogP contribution >= 0.6 is 0 Å². The highest BCUT2D eigenvalue weighted by molar-refractivity contribution is 5.95. The largest absolute Gasteiger partial charge is 0.460 e. The topological polar surface area (TPSA) is 172 Å². The Kier molecular flexibility index (Phi) is 17.5. The van der Waals surface area contributed by atoms with E-state index in [9.17, 15) is 28.8 Å². The summed E-state index contributed by atoms with van der Waals surface area (Å²) >= 11 is 0. The Morgan fingerprint density at radius 3 is 1.93 bits per heavy atom. The predicted molar refractivity (Wildman–Crippen MR) is 163 cm³/mol. The van der Waals surface area contributed by atoms with E-state index in [-0.39, 0.29) is 24.8 Å². The summed E-state index contributed by atoms with van der Waals surface area (Å²) in [5.74, 6) is -3.73. The van der Waals surface area contributed by atoms with Gasteiger partial charge in [-0.3, -0.25) is 24.0 Å². The van der Waals surface area contributed by atoms with Gasteiger partial charge >= 0.3 is 5.97 Å². The number of carbonyl (C=O) groups excluding carboxylic acids is 6. The first-order valence-corrected chi connectivity index (χ1v) is 15.9. The zero-order chi connectivity index (χ0) is 32.5. The first kappa shape index (κ1) is 37.8. The molecule has 1 aliphatic rings. The normalized spacial score (nSPS) is 25.5. The van der Waals surface area contributed by atoms with Crippen molar-refractivity contribution in [3.63, 3.8) is 0 Å². The predicted octanol–water partition coefficient (Wildman–Crippen LogP) is 2.24. The van der Waals surface area contributed by atoms with Gasteiger partial charge in [0, 0.05) is 0 Å². The molecular weight excluding hydrogens is 554 g/mol. The maximum atomic E-state index is 13.2. The average Bonchev–Trinajstić information content (AvgIpc) is 2.92. The maximum Gasteiger partial charge on any atom is 0.328 e. The van der Waals surface area contributed by atoms with Crippen LogP contribution in [0.1, 0.15) is 113 Å². The molecule has 0 bridgehead atoms. The van der Waals surface area contributed by atoms with Crippen molar-refractivity contribution in [3.05, 3.63) is 0 Å². The number of rotatable bonds is 11. The summed E-state index contributed by atoms with van der Waals surface area (Å²) in [4.78, 5) is 77.5. The van der Waals surface area contributed by atoms with Crippen molar-refractivity contribution < 1.29 is 33.5 Å². The molecule has 43 heavy (non-hydrogen) atoms. The van der Waals surface area contributed by atoms with Gasteiger partial charge in [0.2, 0.25) is 29.5 Å². The maximum absolute atomic E-state index is 13.2. The van der Waals surface area contributed by atoms with Crippen LogP contribution in [0.5, 0.6) is 0 Å². The summed E-state index contributed by atoms with van der Waals surface area (Å²) < 4.78 is 5.64. The molecule has 0 aliphatic carbocycles. The molecular formula is C31H55N5O7. The van der Waals surface area contributed by atoms with E-state index in [1.165, 1.54) is 26.7 Å². The minimum Gasteiger partial charge on any atom is -0.460 e. The van der Waals surface area contributed by atoms with Crippen molar-refractivity contribution in [1.82, 2.24) is 26.6 Å². The van der Waals surface area contributed by atoms with Gasteiger partial charge in [-0.25, -0.2) is 4.79 Å². The van der Waals surface area contributed by atoms with Crippen LogP contribution in [0.3, 0.4) is 0 Å². The summed E-state index contributed by atoms with van der Waals surface area (Å²) in [5.41, 5.74) is 0. The molecule has 246 valence electrons. The molecule has 0 aromatic heterocycles. The molecule has 5 N–H and O–H groups in total. The van der Waals surface area contributed by atoms with E-state index >= 15 is 0 Å². The zero-order valence-electron chi connectivity index (χ0n) is 27.2. The highest BCUT2D eigenvalue weighted by Crippen LogP contribution is 2.15. The number of ether oxygens (including phenoxy) is 1. The van der Waals surface area contributed by atoms with Gasteiger partial charge in [-0.15, -0.1) is 0 Å². The first-order valence-electron chi connectivity index (χ1n) is 15.9. The van der Waals surface area contributed by atoms with Gasteiger partial charge in [-0.2, -0.15) is 0 Å². The minimum absolute atomic E-state index is 0.0351. The molecule has 0 unspecified atom stereocenters. The van der Waals surface area contributed by atoms with E-state index < -0.39 is 65.8 Å². The van der Waals surface area contributed by atoms with Gasteiger partial charge in [-0.05, 0) is 44.9 Å². The van der Waals surface area contributed by atoms with Crippen LogP contribution in [0, 0.1) is 11.8 Å². The highest BCUT2D eigenvalue weighted by atomic mass is 16.5. The molecule has 1 aliphatic heterocycles. The molecule has 0 aromatic carbocycles. The number of esters is 1. The monoisotopic (exact) mass is 609 g/mol. The Labute approximate surface area is 257 Å². The summed E-state index contributed by atoms with van der Waals surface area (Å²) in [7, 11) is 0. The quantitative estimate of drug-likeness (QED) is 0.177. The number of hydrogen-bond donors (Lipinski definition) is 5.